The Balaban J connectivity index is 1.89. The summed E-state index contributed by atoms with van der Waals surface area (Å²) in [6, 6.07) is 8.32. The number of unbranched alkanes of at least 4 members (excludes halogenated alkanes) is 10. The van der Waals surface area contributed by atoms with Gasteiger partial charge in [0.05, 0.1) is 12.3 Å². The number of rotatable bonds is 16. The van der Waals surface area contributed by atoms with Gasteiger partial charge in [0.25, 0.3) is 0 Å². The molecule has 29 heavy (non-hydrogen) atoms. The number of nitrogens with zero attached hydrogens (tertiary/aromatic N) is 2. The summed E-state index contributed by atoms with van der Waals surface area (Å²) in [6.45, 7) is 5.30. The molecule has 1 aromatic heterocycles. The molecule has 0 aliphatic rings. The third-order valence-corrected chi connectivity index (χ3v) is 5.49. The Labute approximate surface area is 178 Å². The molecule has 0 bridgehead atoms. The molecule has 3 nitrogen and oxygen atoms in total. The van der Waals surface area contributed by atoms with Crippen LogP contribution in [0.2, 0.25) is 0 Å². The van der Waals surface area contributed by atoms with Crippen LogP contribution in [0.25, 0.3) is 11.3 Å². The quantitative estimate of drug-likeness (QED) is 0.272. The Kier molecular flexibility index (Phi) is 12.1. The largest absolute Gasteiger partial charge is 0.493 e. The molecule has 2 rings (SSSR count). The lowest BCUT2D eigenvalue weighted by Crippen LogP contribution is -2.01. The minimum Gasteiger partial charge on any atom is -0.493 e. The van der Waals surface area contributed by atoms with Gasteiger partial charge in [-0.3, -0.25) is 0 Å². The maximum Gasteiger partial charge on any atom is 0.128 e. The van der Waals surface area contributed by atoms with Gasteiger partial charge in [-0.15, -0.1) is 0 Å². The van der Waals surface area contributed by atoms with E-state index in [1.807, 2.05) is 6.20 Å². The Hall–Kier alpha value is -1.90. The Bertz CT molecular complexity index is 671. The number of hydrogen-bond acceptors (Lipinski definition) is 3. The molecule has 0 radical (unpaired) electrons. The molecular formula is C26H40N2O. The molecule has 0 fully saturated rings. The number of ether oxygens (including phenoxy) is 1. The van der Waals surface area contributed by atoms with Gasteiger partial charge in [-0.2, -0.15) is 0 Å². The van der Waals surface area contributed by atoms with E-state index in [0.29, 0.717) is 0 Å². The average Bonchev–Trinajstić information content (AvgIpc) is 2.76. The molecule has 0 unspecified atom stereocenters. The summed E-state index contributed by atoms with van der Waals surface area (Å²) in [7, 11) is 0. The molecule has 0 amide bonds. The van der Waals surface area contributed by atoms with Crippen LogP contribution in [0, 0.1) is 0 Å². The summed E-state index contributed by atoms with van der Waals surface area (Å²) in [4.78, 5) is 8.90. The highest BCUT2D eigenvalue weighted by molar-refractivity contribution is 5.69. The Morgan fingerprint density at radius 1 is 0.759 bits per heavy atom. The SMILES string of the molecule is CCCCCCCCCOc1ccccc1-c1ncncc1CCCCCCC. The molecule has 0 aliphatic heterocycles. The van der Waals surface area contributed by atoms with E-state index in [0.717, 1.165) is 36.5 Å². The molecule has 0 saturated carbocycles. The van der Waals surface area contributed by atoms with Crippen molar-refractivity contribution in [3.8, 4) is 17.0 Å². The number of aryl methyl sites for hydroxylation is 1. The zero-order valence-electron chi connectivity index (χ0n) is 18.7. The van der Waals surface area contributed by atoms with Gasteiger partial charge in [0.1, 0.15) is 12.1 Å². The van der Waals surface area contributed by atoms with E-state index in [1.165, 1.54) is 76.2 Å². The van der Waals surface area contributed by atoms with Gasteiger partial charge in [0, 0.05) is 11.8 Å². The lowest BCUT2D eigenvalue weighted by atomic mass is 10.0. The molecule has 1 aromatic carbocycles. The van der Waals surface area contributed by atoms with Gasteiger partial charge >= 0.3 is 0 Å². The first kappa shape index (κ1) is 23.4. The third kappa shape index (κ3) is 8.97. The smallest absolute Gasteiger partial charge is 0.128 e. The van der Waals surface area contributed by atoms with Crippen LogP contribution >= 0.6 is 0 Å². The summed E-state index contributed by atoms with van der Waals surface area (Å²) in [5, 5.41) is 0. The summed E-state index contributed by atoms with van der Waals surface area (Å²) in [6.07, 6.45) is 20.2. The van der Waals surface area contributed by atoms with E-state index in [-0.39, 0.29) is 0 Å². The zero-order chi connectivity index (χ0) is 20.6. The highest BCUT2D eigenvalue weighted by Gasteiger charge is 2.12. The number of hydrogen-bond donors (Lipinski definition) is 0. The van der Waals surface area contributed by atoms with E-state index in [9.17, 15) is 0 Å². The van der Waals surface area contributed by atoms with E-state index in [4.69, 9.17) is 4.74 Å². The fourth-order valence-electron chi connectivity index (χ4n) is 3.73. The van der Waals surface area contributed by atoms with E-state index >= 15 is 0 Å². The van der Waals surface area contributed by atoms with Crippen molar-refractivity contribution in [2.45, 2.75) is 97.3 Å². The Morgan fingerprint density at radius 3 is 2.17 bits per heavy atom. The van der Waals surface area contributed by atoms with Crippen LogP contribution < -0.4 is 4.74 Å². The van der Waals surface area contributed by atoms with Gasteiger partial charge in [0.2, 0.25) is 0 Å². The van der Waals surface area contributed by atoms with Crippen molar-refractivity contribution in [3.63, 3.8) is 0 Å². The molecule has 0 aliphatic carbocycles. The number of para-hydroxylation sites is 1. The topological polar surface area (TPSA) is 35.0 Å². The van der Waals surface area contributed by atoms with E-state index in [1.54, 1.807) is 6.33 Å². The van der Waals surface area contributed by atoms with Gasteiger partial charge in [-0.25, -0.2) is 9.97 Å². The first-order valence-electron chi connectivity index (χ1n) is 11.9. The van der Waals surface area contributed by atoms with Gasteiger partial charge < -0.3 is 4.74 Å². The lowest BCUT2D eigenvalue weighted by molar-refractivity contribution is 0.305. The molecule has 2 aromatic rings. The molecule has 0 atom stereocenters. The van der Waals surface area contributed by atoms with E-state index < -0.39 is 0 Å². The maximum absolute atomic E-state index is 6.17. The standard InChI is InChI=1S/C26H40N2O/c1-3-5-7-9-10-12-16-20-29-25-19-15-14-18-24(25)26-23(21-27-22-28-26)17-13-11-8-6-4-2/h14-15,18-19,21-22H,3-13,16-17,20H2,1-2H3. The summed E-state index contributed by atoms with van der Waals surface area (Å²) in [5.74, 6) is 0.949. The minimum absolute atomic E-state index is 0.780. The molecule has 160 valence electrons. The summed E-state index contributed by atoms with van der Waals surface area (Å²) in [5.41, 5.74) is 3.36. The van der Waals surface area contributed by atoms with Gasteiger partial charge in [-0.1, -0.05) is 90.2 Å². The highest BCUT2D eigenvalue weighted by atomic mass is 16.5. The van der Waals surface area contributed by atoms with Crippen molar-refractivity contribution >= 4 is 0 Å². The van der Waals surface area contributed by atoms with Crippen LogP contribution in [0.5, 0.6) is 5.75 Å². The molecule has 0 saturated heterocycles. The van der Waals surface area contributed by atoms with Gasteiger partial charge in [-0.05, 0) is 37.0 Å². The maximum atomic E-state index is 6.17. The molecule has 3 heteroatoms. The molecular weight excluding hydrogens is 356 g/mol. The van der Waals surface area contributed by atoms with Crippen LogP contribution in [-0.4, -0.2) is 16.6 Å². The number of aromatic nitrogens is 2. The highest BCUT2D eigenvalue weighted by Crippen LogP contribution is 2.31. The van der Waals surface area contributed by atoms with Crippen LogP contribution in [0.1, 0.15) is 96.5 Å². The van der Waals surface area contributed by atoms with Crippen molar-refractivity contribution < 1.29 is 4.74 Å². The molecule has 0 N–H and O–H groups in total. The Morgan fingerprint density at radius 2 is 1.41 bits per heavy atom. The monoisotopic (exact) mass is 396 g/mol. The van der Waals surface area contributed by atoms with Crippen LogP contribution in [0.4, 0.5) is 0 Å². The lowest BCUT2D eigenvalue weighted by Gasteiger charge is -2.13. The second-order valence-electron chi connectivity index (χ2n) is 8.03. The van der Waals surface area contributed by atoms with Crippen LogP contribution in [-0.2, 0) is 6.42 Å². The first-order valence-corrected chi connectivity index (χ1v) is 11.9. The normalized spacial score (nSPS) is 11.0. The molecule has 1 heterocycles. The summed E-state index contributed by atoms with van der Waals surface area (Å²) >= 11 is 0. The first-order chi connectivity index (χ1) is 14.4. The van der Waals surface area contributed by atoms with Crippen molar-refractivity contribution in [2.75, 3.05) is 6.61 Å². The van der Waals surface area contributed by atoms with Crippen molar-refractivity contribution in [1.82, 2.24) is 9.97 Å². The van der Waals surface area contributed by atoms with Crippen LogP contribution in [0.3, 0.4) is 0 Å². The zero-order valence-corrected chi connectivity index (χ0v) is 18.7. The average molecular weight is 397 g/mol. The van der Waals surface area contributed by atoms with Crippen molar-refractivity contribution in [2.24, 2.45) is 0 Å². The number of benzene rings is 1. The van der Waals surface area contributed by atoms with E-state index in [2.05, 4.69) is 48.1 Å². The predicted octanol–water partition coefficient (Wildman–Crippen LogP) is 7.79. The predicted molar refractivity (Wildman–Crippen MR) is 123 cm³/mol. The minimum atomic E-state index is 0.780. The van der Waals surface area contributed by atoms with Crippen molar-refractivity contribution in [3.05, 3.63) is 42.4 Å². The second kappa shape index (κ2) is 15.0. The third-order valence-electron chi connectivity index (χ3n) is 5.49. The fourth-order valence-corrected chi connectivity index (χ4v) is 3.73. The van der Waals surface area contributed by atoms with Gasteiger partial charge in [0.15, 0.2) is 0 Å². The van der Waals surface area contributed by atoms with Crippen LogP contribution in [0.15, 0.2) is 36.8 Å². The summed E-state index contributed by atoms with van der Waals surface area (Å²) < 4.78 is 6.17. The van der Waals surface area contributed by atoms with Crippen molar-refractivity contribution in [1.29, 1.82) is 0 Å². The fraction of sp³-hybridized carbons (Fsp3) is 0.615. The second-order valence-corrected chi connectivity index (χ2v) is 8.03. The molecule has 0 spiro atoms.